The zero-order valence-corrected chi connectivity index (χ0v) is 26.2. The fourth-order valence-corrected chi connectivity index (χ4v) is 8.09. The lowest BCUT2D eigenvalue weighted by Crippen LogP contribution is -2.14. The third-order valence-electron chi connectivity index (χ3n) is 10.4. The van der Waals surface area contributed by atoms with Gasteiger partial charge in [0.25, 0.3) is 0 Å². The average molecular weight is 587 g/mol. The largest absolute Gasteiger partial charge is 0.0622 e. The molecule has 46 heavy (non-hydrogen) atoms. The van der Waals surface area contributed by atoms with E-state index in [0.29, 0.717) is 0 Å². The van der Waals surface area contributed by atoms with Crippen LogP contribution in [-0.4, -0.2) is 0 Å². The Labute approximate surface area is 270 Å². The summed E-state index contributed by atoms with van der Waals surface area (Å²) in [6.45, 7) is 4.72. The number of rotatable bonds is 4. The molecule has 0 amide bonds. The SMILES string of the molecule is CC1(C)c2ccccc2-c2c1ccc1c2ccc2ccc(C(c3ccc(-c4ccccc4)cc3)c3cccc4ccccc34)cc21. The van der Waals surface area contributed by atoms with Crippen LogP contribution in [0.15, 0.2) is 164 Å². The van der Waals surface area contributed by atoms with Gasteiger partial charge in [-0.2, -0.15) is 0 Å². The van der Waals surface area contributed by atoms with Gasteiger partial charge in [0.05, 0.1) is 0 Å². The first-order valence-electron chi connectivity index (χ1n) is 16.3. The molecule has 1 aliphatic carbocycles. The van der Waals surface area contributed by atoms with Crippen molar-refractivity contribution >= 4 is 32.3 Å². The first kappa shape index (κ1) is 26.9. The molecular weight excluding hydrogens is 553 g/mol. The molecule has 8 aromatic rings. The first-order valence-corrected chi connectivity index (χ1v) is 16.3. The molecular formula is C46H34. The van der Waals surface area contributed by atoms with Crippen LogP contribution in [0, 0.1) is 0 Å². The molecule has 9 rings (SSSR count). The molecule has 0 heterocycles. The van der Waals surface area contributed by atoms with Gasteiger partial charge in [-0.15, -0.1) is 0 Å². The minimum absolute atomic E-state index is 0.0116. The van der Waals surface area contributed by atoms with Crippen LogP contribution in [0.5, 0.6) is 0 Å². The highest BCUT2D eigenvalue weighted by Crippen LogP contribution is 2.52. The predicted octanol–water partition coefficient (Wildman–Crippen LogP) is 12.3. The van der Waals surface area contributed by atoms with Crippen LogP contribution in [0.25, 0.3) is 54.6 Å². The Morgan fingerprint density at radius 1 is 0.413 bits per heavy atom. The molecule has 1 unspecified atom stereocenters. The van der Waals surface area contributed by atoms with E-state index in [1.165, 1.54) is 82.4 Å². The Morgan fingerprint density at radius 2 is 1.07 bits per heavy atom. The maximum absolute atomic E-state index is 2.47. The van der Waals surface area contributed by atoms with Crippen molar-refractivity contribution in [2.45, 2.75) is 25.2 Å². The van der Waals surface area contributed by atoms with Gasteiger partial charge in [0.1, 0.15) is 0 Å². The fraction of sp³-hybridized carbons (Fsp3) is 0.0870. The van der Waals surface area contributed by atoms with Gasteiger partial charge in [-0.25, -0.2) is 0 Å². The molecule has 0 nitrogen and oxygen atoms in total. The lowest BCUT2D eigenvalue weighted by atomic mass is 9.80. The van der Waals surface area contributed by atoms with Gasteiger partial charge in [0, 0.05) is 11.3 Å². The monoisotopic (exact) mass is 586 g/mol. The maximum atomic E-state index is 2.47. The van der Waals surface area contributed by atoms with Gasteiger partial charge >= 0.3 is 0 Å². The second kappa shape index (κ2) is 10.3. The van der Waals surface area contributed by atoms with E-state index in [4.69, 9.17) is 0 Å². The molecule has 0 bridgehead atoms. The van der Waals surface area contributed by atoms with Crippen LogP contribution in [0.1, 0.15) is 47.6 Å². The van der Waals surface area contributed by atoms with Gasteiger partial charge < -0.3 is 0 Å². The van der Waals surface area contributed by atoms with E-state index in [9.17, 15) is 0 Å². The molecule has 1 atom stereocenters. The summed E-state index contributed by atoms with van der Waals surface area (Å²) >= 11 is 0. The lowest BCUT2D eigenvalue weighted by Gasteiger charge is -2.23. The number of benzene rings is 8. The van der Waals surface area contributed by atoms with E-state index in [-0.39, 0.29) is 11.3 Å². The van der Waals surface area contributed by atoms with Crippen molar-refractivity contribution < 1.29 is 0 Å². The minimum Gasteiger partial charge on any atom is -0.0622 e. The van der Waals surface area contributed by atoms with Crippen LogP contribution >= 0.6 is 0 Å². The van der Waals surface area contributed by atoms with E-state index < -0.39 is 0 Å². The van der Waals surface area contributed by atoms with Crippen molar-refractivity contribution in [3.8, 4) is 22.3 Å². The second-order valence-corrected chi connectivity index (χ2v) is 13.3. The van der Waals surface area contributed by atoms with Crippen molar-refractivity contribution in [1.29, 1.82) is 0 Å². The Kier molecular flexibility index (Phi) is 6.02. The van der Waals surface area contributed by atoms with Crippen LogP contribution in [0.2, 0.25) is 0 Å². The van der Waals surface area contributed by atoms with E-state index in [2.05, 4.69) is 178 Å². The third kappa shape index (κ3) is 4.07. The number of fused-ring (bicyclic) bond motifs is 8. The lowest BCUT2D eigenvalue weighted by molar-refractivity contribution is 0.661. The number of hydrogen-bond acceptors (Lipinski definition) is 0. The first-order chi connectivity index (χ1) is 22.6. The molecule has 8 aromatic carbocycles. The second-order valence-electron chi connectivity index (χ2n) is 13.3. The molecule has 0 saturated heterocycles. The Balaban J connectivity index is 1.27. The fourth-order valence-electron chi connectivity index (χ4n) is 8.09. The highest BCUT2D eigenvalue weighted by molar-refractivity contribution is 6.14. The minimum atomic E-state index is -0.0116. The standard InChI is InChI=1S/C46H34/c1-46(2)42-18-9-8-16-40(42)45-39-26-25-33-21-24-35(29-41(33)37(39)27-28-43(45)46)44(38-17-10-14-32-13-6-7-15-36(32)38)34-22-19-31(20-23-34)30-11-4-3-5-12-30/h3-29,44H,1-2H3. The van der Waals surface area contributed by atoms with E-state index in [1.807, 2.05) is 0 Å². The van der Waals surface area contributed by atoms with Gasteiger partial charge in [0.2, 0.25) is 0 Å². The van der Waals surface area contributed by atoms with Gasteiger partial charge in [0.15, 0.2) is 0 Å². The molecule has 0 N–H and O–H groups in total. The van der Waals surface area contributed by atoms with Gasteiger partial charge in [-0.3, -0.25) is 0 Å². The summed E-state index contributed by atoms with van der Waals surface area (Å²) in [7, 11) is 0. The maximum Gasteiger partial charge on any atom is 0.0346 e. The van der Waals surface area contributed by atoms with Crippen molar-refractivity contribution in [2.75, 3.05) is 0 Å². The van der Waals surface area contributed by atoms with Crippen LogP contribution < -0.4 is 0 Å². The molecule has 0 spiro atoms. The van der Waals surface area contributed by atoms with E-state index >= 15 is 0 Å². The van der Waals surface area contributed by atoms with Gasteiger partial charge in [-0.05, 0) is 88.5 Å². The van der Waals surface area contributed by atoms with Crippen LogP contribution in [0.3, 0.4) is 0 Å². The third-order valence-corrected chi connectivity index (χ3v) is 10.4. The van der Waals surface area contributed by atoms with Crippen LogP contribution in [-0.2, 0) is 5.41 Å². The molecule has 1 aliphatic rings. The topological polar surface area (TPSA) is 0 Å². The van der Waals surface area contributed by atoms with Crippen LogP contribution in [0.4, 0.5) is 0 Å². The van der Waals surface area contributed by atoms with Crippen molar-refractivity contribution in [2.24, 2.45) is 0 Å². The van der Waals surface area contributed by atoms with E-state index in [1.54, 1.807) is 0 Å². The Hall–Kier alpha value is -5.46. The average Bonchev–Trinajstić information content (AvgIpc) is 3.35. The summed E-state index contributed by atoms with van der Waals surface area (Å²) in [6, 6.07) is 60.9. The quantitative estimate of drug-likeness (QED) is 0.142. The summed E-state index contributed by atoms with van der Waals surface area (Å²) < 4.78 is 0. The van der Waals surface area contributed by atoms with Crippen molar-refractivity contribution in [3.05, 3.63) is 192 Å². The summed E-state index contributed by atoms with van der Waals surface area (Å²) in [5, 5.41) is 7.82. The Morgan fingerprint density at radius 3 is 1.93 bits per heavy atom. The molecule has 0 fully saturated rings. The zero-order chi connectivity index (χ0) is 30.8. The summed E-state index contributed by atoms with van der Waals surface area (Å²) in [5.74, 6) is 0.0877. The molecule has 0 saturated carbocycles. The zero-order valence-electron chi connectivity index (χ0n) is 26.2. The summed E-state index contributed by atoms with van der Waals surface area (Å²) in [4.78, 5) is 0. The normalized spacial score (nSPS) is 14.0. The van der Waals surface area contributed by atoms with Crippen molar-refractivity contribution in [1.82, 2.24) is 0 Å². The highest BCUT2D eigenvalue weighted by atomic mass is 14.4. The van der Waals surface area contributed by atoms with E-state index in [0.717, 1.165) is 0 Å². The molecule has 218 valence electrons. The Bertz CT molecular complexity index is 2420. The molecule has 0 heteroatoms. The molecule has 0 aliphatic heterocycles. The number of hydrogen-bond donors (Lipinski definition) is 0. The highest BCUT2D eigenvalue weighted by Gasteiger charge is 2.36. The molecule has 0 aromatic heterocycles. The summed E-state index contributed by atoms with van der Waals surface area (Å²) in [6.07, 6.45) is 0. The predicted molar refractivity (Wildman–Crippen MR) is 196 cm³/mol. The smallest absolute Gasteiger partial charge is 0.0346 e. The molecule has 0 radical (unpaired) electrons. The van der Waals surface area contributed by atoms with Crippen molar-refractivity contribution in [3.63, 3.8) is 0 Å². The summed E-state index contributed by atoms with van der Waals surface area (Å²) in [5.41, 5.74) is 12.0. The van der Waals surface area contributed by atoms with Gasteiger partial charge in [-0.1, -0.05) is 172 Å².